The second kappa shape index (κ2) is 14.0. The van der Waals surface area contributed by atoms with Crippen LogP contribution in [0.1, 0.15) is 51.3 Å². The first kappa shape index (κ1) is 31.3. The lowest BCUT2D eigenvalue weighted by Crippen LogP contribution is -2.51. The molecule has 0 bridgehead atoms. The lowest BCUT2D eigenvalue weighted by atomic mass is 9.98. The zero-order valence-corrected chi connectivity index (χ0v) is 25.8. The summed E-state index contributed by atoms with van der Waals surface area (Å²) in [6.45, 7) is 8.58. The summed E-state index contributed by atoms with van der Waals surface area (Å²) in [5, 5.41) is 11.6. The Morgan fingerprint density at radius 3 is 2.37 bits per heavy atom. The molecule has 2 amide bonds. The predicted octanol–water partition coefficient (Wildman–Crippen LogP) is 4.96. The van der Waals surface area contributed by atoms with Crippen LogP contribution in [0.5, 0.6) is 17.2 Å². The highest BCUT2D eigenvalue weighted by Crippen LogP contribution is 2.30. The van der Waals surface area contributed by atoms with Crippen molar-refractivity contribution in [2.75, 3.05) is 27.4 Å². The summed E-state index contributed by atoms with van der Waals surface area (Å²) in [6.07, 6.45) is 1.20. The van der Waals surface area contributed by atoms with Gasteiger partial charge in [-0.15, -0.1) is 5.10 Å². The molecule has 43 heavy (non-hydrogen) atoms. The van der Waals surface area contributed by atoms with Crippen LogP contribution in [0.4, 0.5) is 0 Å². The van der Waals surface area contributed by atoms with Crippen molar-refractivity contribution in [3.8, 4) is 17.2 Å². The van der Waals surface area contributed by atoms with Gasteiger partial charge in [-0.1, -0.05) is 42.5 Å². The maximum atomic E-state index is 14.2. The number of hydrogen-bond acceptors (Lipinski definition) is 7. The Morgan fingerprint density at radius 2 is 1.70 bits per heavy atom. The van der Waals surface area contributed by atoms with Crippen LogP contribution < -0.4 is 19.5 Å². The number of carbonyl (C=O) groups is 2. The van der Waals surface area contributed by atoms with E-state index in [1.54, 1.807) is 23.8 Å². The molecule has 0 aliphatic carbocycles. The van der Waals surface area contributed by atoms with Crippen molar-refractivity contribution in [3.05, 3.63) is 77.9 Å². The third-order valence-electron chi connectivity index (χ3n) is 7.53. The number of amides is 2. The zero-order chi connectivity index (χ0) is 31.0. The van der Waals surface area contributed by atoms with Crippen LogP contribution in [-0.2, 0) is 22.6 Å². The topological polar surface area (TPSA) is 108 Å². The van der Waals surface area contributed by atoms with Gasteiger partial charge in [-0.05, 0) is 81.1 Å². The molecule has 1 aromatic heterocycles. The molecular formula is C33H41N5O5. The number of aromatic nitrogens is 3. The molecule has 0 saturated carbocycles. The molecule has 4 aromatic rings. The third kappa shape index (κ3) is 7.63. The number of fused-ring (bicyclic) bond motifs is 1. The maximum absolute atomic E-state index is 14.2. The van der Waals surface area contributed by atoms with Crippen molar-refractivity contribution < 1.29 is 23.8 Å². The second-order valence-electron chi connectivity index (χ2n) is 10.9. The second-order valence-corrected chi connectivity index (χ2v) is 10.9. The van der Waals surface area contributed by atoms with Gasteiger partial charge in [0.2, 0.25) is 11.8 Å². The Bertz CT molecular complexity index is 1530. The first-order valence-corrected chi connectivity index (χ1v) is 14.5. The number of ether oxygens (including phenoxy) is 3. The number of nitrogens with zero attached hydrogens (tertiary/aromatic N) is 4. The van der Waals surface area contributed by atoms with E-state index < -0.39 is 11.6 Å². The Morgan fingerprint density at radius 1 is 0.977 bits per heavy atom. The van der Waals surface area contributed by atoms with E-state index in [0.717, 1.165) is 17.5 Å². The number of benzene rings is 3. The molecule has 0 radical (unpaired) electrons. The highest BCUT2D eigenvalue weighted by molar-refractivity contribution is 5.89. The number of hydrogen-bond donors (Lipinski definition) is 1. The van der Waals surface area contributed by atoms with E-state index in [4.69, 9.17) is 14.2 Å². The first-order chi connectivity index (χ1) is 20.7. The predicted molar refractivity (Wildman–Crippen MR) is 165 cm³/mol. The summed E-state index contributed by atoms with van der Waals surface area (Å²) >= 11 is 0. The normalized spacial score (nSPS) is 12.0. The molecule has 1 heterocycles. The largest absolute Gasteiger partial charge is 0.494 e. The zero-order valence-electron chi connectivity index (χ0n) is 25.8. The smallest absolute Gasteiger partial charge is 0.247 e. The first-order valence-electron chi connectivity index (χ1n) is 14.5. The SMILES string of the molecule is CCOc1ccc(C(C(=O)NC(C)(C)CC)N(CCc2ccc(OC)c(OC)c2)C(=O)Cn2nnc3ccccc32)cc1. The van der Waals surface area contributed by atoms with Crippen LogP contribution in [-0.4, -0.2) is 64.6 Å². The number of para-hydroxylation sites is 1. The van der Waals surface area contributed by atoms with Gasteiger partial charge in [0.05, 0.1) is 26.3 Å². The summed E-state index contributed by atoms with van der Waals surface area (Å²) in [5.41, 5.74) is 2.57. The summed E-state index contributed by atoms with van der Waals surface area (Å²) in [4.78, 5) is 29.9. The van der Waals surface area contributed by atoms with Gasteiger partial charge in [-0.2, -0.15) is 0 Å². The molecule has 0 spiro atoms. The molecule has 0 fully saturated rings. The minimum Gasteiger partial charge on any atom is -0.494 e. The van der Waals surface area contributed by atoms with Crippen LogP contribution in [0.2, 0.25) is 0 Å². The monoisotopic (exact) mass is 587 g/mol. The van der Waals surface area contributed by atoms with Crippen LogP contribution in [0.3, 0.4) is 0 Å². The maximum Gasteiger partial charge on any atom is 0.247 e. The van der Waals surface area contributed by atoms with E-state index in [1.165, 1.54) is 0 Å². The standard InChI is InChI=1S/C33H41N5O5/c1-7-33(3,4)34-32(40)31(24-14-16-25(17-15-24)43-8-2)37(20-19-23-13-18-28(41-5)29(21-23)42-6)30(39)22-38-27-12-10-9-11-26(27)35-36-38/h9-18,21,31H,7-8,19-20,22H2,1-6H3,(H,34,40). The average molecular weight is 588 g/mol. The van der Waals surface area contributed by atoms with Crippen LogP contribution >= 0.6 is 0 Å². The molecule has 4 rings (SSSR count). The number of carbonyl (C=O) groups excluding carboxylic acids is 2. The lowest BCUT2D eigenvalue weighted by molar-refractivity contribution is -0.142. The summed E-state index contributed by atoms with van der Waals surface area (Å²) in [7, 11) is 3.17. The fraction of sp³-hybridized carbons (Fsp3) is 0.394. The van der Waals surface area contributed by atoms with Crippen LogP contribution in [0.15, 0.2) is 66.7 Å². The molecule has 1 atom stereocenters. The van der Waals surface area contributed by atoms with Gasteiger partial charge >= 0.3 is 0 Å². The van der Waals surface area contributed by atoms with Gasteiger partial charge < -0.3 is 24.4 Å². The molecule has 1 N–H and O–H groups in total. The quantitative estimate of drug-likeness (QED) is 0.222. The van der Waals surface area contributed by atoms with Crippen molar-refractivity contribution in [2.45, 2.75) is 58.7 Å². The summed E-state index contributed by atoms with van der Waals surface area (Å²) < 4.78 is 18.1. The molecule has 228 valence electrons. The number of rotatable bonds is 14. The molecule has 1 unspecified atom stereocenters. The minimum absolute atomic E-state index is 0.0789. The fourth-order valence-corrected chi connectivity index (χ4v) is 4.81. The fourth-order valence-electron chi connectivity index (χ4n) is 4.81. The molecule has 3 aromatic carbocycles. The average Bonchev–Trinajstić information content (AvgIpc) is 3.42. The number of nitrogens with one attached hydrogen (secondary N) is 1. The Hall–Kier alpha value is -4.60. The molecule has 0 aliphatic heterocycles. The Balaban J connectivity index is 1.74. The van der Waals surface area contributed by atoms with Gasteiger partial charge in [0.25, 0.3) is 0 Å². The Kier molecular flexibility index (Phi) is 10.2. The van der Waals surface area contributed by atoms with E-state index in [2.05, 4.69) is 15.6 Å². The summed E-state index contributed by atoms with van der Waals surface area (Å²) in [5.74, 6) is 1.37. The molecule has 10 nitrogen and oxygen atoms in total. The van der Waals surface area contributed by atoms with Crippen LogP contribution in [0, 0.1) is 0 Å². The van der Waals surface area contributed by atoms with Gasteiger partial charge in [-0.3, -0.25) is 9.59 Å². The van der Waals surface area contributed by atoms with Crippen molar-refractivity contribution >= 4 is 22.8 Å². The van der Waals surface area contributed by atoms with E-state index in [-0.39, 0.29) is 24.9 Å². The van der Waals surface area contributed by atoms with Gasteiger partial charge in [-0.25, -0.2) is 4.68 Å². The van der Waals surface area contributed by atoms with Gasteiger partial charge in [0.1, 0.15) is 23.9 Å². The highest BCUT2D eigenvalue weighted by atomic mass is 16.5. The molecular weight excluding hydrogens is 546 g/mol. The summed E-state index contributed by atoms with van der Waals surface area (Å²) in [6, 6.07) is 19.6. The van der Waals surface area contributed by atoms with Crippen molar-refractivity contribution in [3.63, 3.8) is 0 Å². The minimum atomic E-state index is -0.899. The number of methoxy groups -OCH3 is 2. The van der Waals surface area contributed by atoms with Crippen molar-refractivity contribution in [1.29, 1.82) is 0 Å². The van der Waals surface area contributed by atoms with Gasteiger partial charge in [0.15, 0.2) is 11.5 Å². The van der Waals surface area contributed by atoms with Gasteiger partial charge in [0, 0.05) is 12.1 Å². The van der Waals surface area contributed by atoms with E-state index in [9.17, 15) is 9.59 Å². The highest BCUT2D eigenvalue weighted by Gasteiger charge is 2.34. The van der Waals surface area contributed by atoms with Crippen molar-refractivity contribution in [2.24, 2.45) is 0 Å². The Labute approximate surface area is 252 Å². The van der Waals surface area contributed by atoms with Crippen LogP contribution in [0.25, 0.3) is 11.0 Å². The van der Waals surface area contributed by atoms with Crippen molar-refractivity contribution in [1.82, 2.24) is 25.2 Å². The van der Waals surface area contributed by atoms with E-state index in [1.807, 2.05) is 94.4 Å². The van der Waals surface area contributed by atoms with E-state index in [0.29, 0.717) is 41.4 Å². The third-order valence-corrected chi connectivity index (χ3v) is 7.53. The molecule has 0 saturated heterocycles. The lowest BCUT2D eigenvalue weighted by Gasteiger charge is -2.34. The van der Waals surface area contributed by atoms with E-state index >= 15 is 0 Å². The molecule has 0 aliphatic rings. The molecule has 10 heteroatoms.